The fourth-order valence-electron chi connectivity index (χ4n) is 1.30. The second-order valence-corrected chi connectivity index (χ2v) is 4.21. The molecule has 2 rings (SSSR count). The highest BCUT2D eigenvalue weighted by Gasteiger charge is 2.20. The lowest BCUT2D eigenvalue weighted by Gasteiger charge is -2.11. The van der Waals surface area contributed by atoms with Crippen molar-refractivity contribution in [1.29, 1.82) is 0 Å². The number of hydrogen-bond donors (Lipinski definition) is 1. The van der Waals surface area contributed by atoms with E-state index in [-0.39, 0.29) is 0 Å². The van der Waals surface area contributed by atoms with Gasteiger partial charge in [-0.2, -0.15) is 0 Å². The fourth-order valence-corrected chi connectivity index (χ4v) is 1.30. The largest absolute Gasteiger partial charge is 0.384 e. The van der Waals surface area contributed by atoms with Gasteiger partial charge < -0.3 is 5.11 Å². The second-order valence-electron chi connectivity index (χ2n) is 4.21. The first kappa shape index (κ1) is 11.7. The number of aliphatic hydroxyl groups is 1. The van der Waals surface area contributed by atoms with Gasteiger partial charge in [0.15, 0.2) is 11.6 Å². The number of nitrogens with zero attached hydrogens (tertiary/aromatic N) is 3. The molecule has 4 nitrogen and oxygen atoms in total. The van der Waals surface area contributed by atoms with Gasteiger partial charge in [0.2, 0.25) is 0 Å². The third-order valence-electron chi connectivity index (χ3n) is 2.29. The zero-order valence-corrected chi connectivity index (χ0v) is 9.35. The van der Waals surface area contributed by atoms with Crippen LogP contribution >= 0.6 is 0 Å². The predicted octanol–water partition coefficient (Wildman–Crippen LogP) is 1.77. The van der Waals surface area contributed by atoms with Crippen molar-refractivity contribution in [1.82, 2.24) is 15.0 Å². The summed E-state index contributed by atoms with van der Waals surface area (Å²) in [5.41, 5.74) is -0.439. The molecule has 2 aromatic rings. The van der Waals surface area contributed by atoms with Crippen LogP contribution in [0.5, 0.6) is 0 Å². The van der Waals surface area contributed by atoms with Crippen LogP contribution in [0.2, 0.25) is 0 Å². The van der Waals surface area contributed by atoms with E-state index in [1.165, 1.54) is 16.9 Å². The van der Waals surface area contributed by atoms with Crippen LogP contribution in [-0.4, -0.2) is 20.1 Å². The quantitative estimate of drug-likeness (QED) is 0.869. The predicted molar refractivity (Wildman–Crippen MR) is 56.5 cm³/mol. The lowest BCUT2D eigenvalue weighted by atomic mass is 10.1. The van der Waals surface area contributed by atoms with Crippen molar-refractivity contribution < 1.29 is 13.9 Å². The summed E-state index contributed by atoms with van der Waals surface area (Å²) in [6.07, 6.45) is 1.46. The first-order valence-corrected chi connectivity index (χ1v) is 4.98. The van der Waals surface area contributed by atoms with E-state index >= 15 is 0 Å². The highest BCUT2D eigenvalue weighted by Crippen LogP contribution is 2.18. The van der Waals surface area contributed by atoms with Crippen LogP contribution in [0.1, 0.15) is 19.5 Å². The van der Waals surface area contributed by atoms with E-state index in [1.807, 2.05) is 0 Å². The van der Waals surface area contributed by atoms with E-state index < -0.39 is 17.2 Å². The summed E-state index contributed by atoms with van der Waals surface area (Å²) in [7, 11) is 0. The molecule has 1 aromatic carbocycles. The van der Waals surface area contributed by atoms with Crippen LogP contribution in [0.25, 0.3) is 5.69 Å². The van der Waals surface area contributed by atoms with Crippen molar-refractivity contribution in [3.63, 3.8) is 0 Å². The molecular weight excluding hydrogens is 228 g/mol. The molecule has 1 heterocycles. The van der Waals surface area contributed by atoms with Crippen LogP contribution in [0.4, 0.5) is 8.78 Å². The molecule has 0 atom stereocenters. The lowest BCUT2D eigenvalue weighted by Crippen LogP contribution is -2.15. The van der Waals surface area contributed by atoms with E-state index in [0.29, 0.717) is 11.4 Å². The number of hydrogen-bond acceptors (Lipinski definition) is 3. The Kier molecular flexibility index (Phi) is 2.66. The van der Waals surface area contributed by atoms with E-state index in [1.54, 1.807) is 13.8 Å². The molecule has 0 aliphatic heterocycles. The smallest absolute Gasteiger partial charge is 0.160 e. The minimum Gasteiger partial charge on any atom is -0.384 e. The van der Waals surface area contributed by atoms with Gasteiger partial charge in [-0.1, -0.05) is 5.21 Å². The molecule has 0 saturated carbocycles. The molecule has 6 heteroatoms. The van der Waals surface area contributed by atoms with Crippen LogP contribution in [0, 0.1) is 11.6 Å². The minimum absolute atomic E-state index is 0.340. The Morgan fingerprint density at radius 1 is 1.24 bits per heavy atom. The Balaban J connectivity index is 2.40. The normalized spacial score (nSPS) is 11.8. The van der Waals surface area contributed by atoms with Gasteiger partial charge in [0, 0.05) is 6.07 Å². The molecule has 1 N–H and O–H groups in total. The maximum Gasteiger partial charge on any atom is 0.160 e. The highest BCUT2D eigenvalue weighted by atomic mass is 19.2. The summed E-state index contributed by atoms with van der Waals surface area (Å²) in [6.45, 7) is 3.12. The van der Waals surface area contributed by atoms with Crippen LogP contribution in [0.3, 0.4) is 0 Å². The summed E-state index contributed by atoms with van der Waals surface area (Å²) in [5.74, 6) is -1.88. The van der Waals surface area contributed by atoms with Crippen molar-refractivity contribution in [2.24, 2.45) is 0 Å². The zero-order valence-electron chi connectivity index (χ0n) is 9.35. The molecule has 0 unspecified atom stereocenters. The SMILES string of the molecule is CC(C)(O)c1cn(-c2ccc(F)c(F)c2)nn1. The topological polar surface area (TPSA) is 50.9 Å². The van der Waals surface area contributed by atoms with E-state index in [2.05, 4.69) is 10.3 Å². The molecule has 90 valence electrons. The van der Waals surface area contributed by atoms with Crippen molar-refractivity contribution in [3.05, 3.63) is 41.7 Å². The fraction of sp³-hybridized carbons (Fsp3) is 0.273. The Bertz CT molecular complexity index is 546. The molecule has 0 aliphatic rings. The highest BCUT2D eigenvalue weighted by molar-refractivity contribution is 5.31. The summed E-state index contributed by atoms with van der Waals surface area (Å²) in [5, 5.41) is 17.2. The van der Waals surface area contributed by atoms with Gasteiger partial charge in [-0.15, -0.1) is 5.10 Å². The van der Waals surface area contributed by atoms with Gasteiger partial charge >= 0.3 is 0 Å². The van der Waals surface area contributed by atoms with Crippen LogP contribution in [-0.2, 0) is 5.60 Å². The zero-order chi connectivity index (χ0) is 12.6. The Labute approximate surface area is 96.5 Å². The Morgan fingerprint density at radius 2 is 1.94 bits per heavy atom. The maximum atomic E-state index is 13.0. The summed E-state index contributed by atoms with van der Waals surface area (Å²) < 4.78 is 27.0. The summed E-state index contributed by atoms with van der Waals surface area (Å²) in [4.78, 5) is 0. The summed E-state index contributed by atoms with van der Waals surface area (Å²) >= 11 is 0. The molecule has 1 aromatic heterocycles. The minimum atomic E-state index is -1.13. The summed E-state index contributed by atoms with van der Waals surface area (Å²) in [6, 6.07) is 3.40. The second kappa shape index (κ2) is 3.89. The molecule has 0 radical (unpaired) electrons. The van der Waals surface area contributed by atoms with Gasteiger partial charge in [0.1, 0.15) is 11.3 Å². The monoisotopic (exact) mass is 239 g/mol. The number of benzene rings is 1. The molecule has 0 bridgehead atoms. The third-order valence-corrected chi connectivity index (χ3v) is 2.29. The van der Waals surface area contributed by atoms with E-state index in [9.17, 15) is 13.9 Å². The molecule has 0 saturated heterocycles. The van der Waals surface area contributed by atoms with Crippen molar-refractivity contribution in [3.8, 4) is 5.69 Å². The average Bonchev–Trinajstić information content (AvgIpc) is 2.70. The van der Waals surface area contributed by atoms with Gasteiger partial charge in [-0.05, 0) is 26.0 Å². The van der Waals surface area contributed by atoms with Crippen molar-refractivity contribution in [2.45, 2.75) is 19.4 Å². The number of rotatable bonds is 2. The molecule has 0 aliphatic carbocycles. The van der Waals surface area contributed by atoms with Crippen molar-refractivity contribution in [2.75, 3.05) is 0 Å². The number of halogens is 2. The molecular formula is C11H11F2N3O. The molecule has 0 amide bonds. The van der Waals surface area contributed by atoms with Crippen LogP contribution < -0.4 is 0 Å². The Morgan fingerprint density at radius 3 is 2.47 bits per heavy atom. The first-order chi connectivity index (χ1) is 7.88. The van der Waals surface area contributed by atoms with Gasteiger partial charge in [-0.25, -0.2) is 13.5 Å². The lowest BCUT2D eigenvalue weighted by molar-refractivity contribution is 0.0737. The Hall–Kier alpha value is -1.82. The van der Waals surface area contributed by atoms with Gasteiger partial charge in [-0.3, -0.25) is 0 Å². The number of aromatic nitrogens is 3. The van der Waals surface area contributed by atoms with Crippen LogP contribution in [0.15, 0.2) is 24.4 Å². The molecule has 0 fully saturated rings. The third kappa shape index (κ3) is 2.31. The van der Waals surface area contributed by atoms with Gasteiger partial charge in [0.25, 0.3) is 0 Å². The average molecular weight is 239 g/mol. The first-order valence-electron chi connectivity index (χ1n) is 4.98. The standard InChI is InChI=1S/C11H11F2N3O/c1-11(2,17)10-6-16(15-14-10)7-3-4-8(12)9(13)5-7/h3-6,17H,1-2H3. The molecule has 17 heavy (non-hydrogen) atoms. The van der Waals surface area contributed by atoms with Gasteiger partial charge in [0.05, 0.1) is 11.9 Å². The molecule has 0 spiro atoms. The van der Waals surface area contributed by atoms with E-state index in [0.717, 1.165) is 12.1 Å². The van der Waals surface area contributed by atoms with E-state index in [4.69, 9.17) is 0 Å². The van der Waals surface area contributed by atoms with Crippen molar-refractivity contribution >= 4 is 0 Å². The maximum absolute atomic E-state index is 13.0.